The molecule has 17 heavy (non-hydrogen) atoms. The minimum Gasteiger partial charge on any atom is -0.478 e. The molecule has 4 heteroatoms. The Balaban J connectivity index is 2.52. The topological polar surface area (TPSA) is 64.3 Å². The maximum atomic E-state index is 11.9. The van der Waals surface area contributed by atoms with Gasteiger partial charge in [-0.25, -0.2) is 0 Å². The molecule has 0 aromatic heterocycles. The zero-order valence-corrected chi connectivity index (χ0v) is 10.6. The van der Waals surface area contributed by atoms with Gasteiger partial charge in [0.1, 0.15) is 5.75 Å². The van der Waals surface area contributed by atoms with E-state index in [1.54, 1.807) is 0 Å². The van der Waals surface area contributed by atoms with Crippen molar-refractivity contribution in [3.63, 3.8) is 0 Å². The van der Waals surface area contributed by atoms with E-state index in [2.05, 4.69) is 5.32 Å². The summed E-state index contributed by atoms with van der Waals surface area (Å²) in [7, 11) is 0. The van der Waals surface area contributed by atoms with Crippen LogP contribution in [0.4, 0.5) is 11.4 Å². The Hall–Kier alpha value is -1.71. The van der Waals surface area contributed by atoms with Crippen LogP contribution in [-0.2, 0) is 4.79 Å². The van der Waals surface area contributed by atoms with E-state index in [0.29, 0.717) is 11.4 Å². The fraction of sp³-hybridized carbons (Fsp3) is 0.462. The largest absolute Gasteiger partial charge is 0.478 e. The summed E-state index contributed by atoms with van der Waals surface area (Å²) in [5, 5.41) is 2.90. The lowest BCUT2D eigenvalue weighted by Gasteiger charge is -2.30. The van der Waals surface area contributed by atoms with Crippen LogP contribution >= 0.6 is 0 Å². The zero-order valence-electron chi connectivity index (χ0n) is 10.6. The van der Waals surface area contributed by atoms with Crippen LogP contribution in [0.5, 0.6) is 5.75 Å². The summed E-state index contributed by atoms with van der Waals surface area (Å²) in [4.78, 5) is 11.9. The SMILES string of the molecule is Cc1cc(N)c(C)c2c1OC(C(C)C)C(=O)N2. The van der Waals surface area contributed by atoms with Crippen molar-refractivity contribution in [2.75, 3.05) is 11.1 Å². The molecule has 4 nitrogen and oxygen atoms in total. The lowest BCUT2D eigenvalue weighted by molar-refractivity contribution is -0.125. The number of aryl methyl sites for hydroxylation is 1. The molecule has 2 rings (SSSR count). The van der Waals surface area contributed by atoms with Crippen molar-refractivity contribution < 1.29 is 9.53 Å². The molecule has 0 saturated heterocycles. The van der Waals surface area contributed by atoms with Gasteiger partial charge in [0.15, 0.2) is 6.10 Å². The predicted molar refractivity (Wildman–Crippen MR) is 68.2 cm³/mol. The van der Waals surface area contributed by atoms with Crippen molar-refractivity contribution in [2.45, 2.75) is 33.8 Å². The molecule has 1 heterocycles. The van der Waals surface area contributed by atoms with Gasteiger partial charge >= 0.3 is 0 Å². The average molecular weight is 234 g/mol. The van der Waals surface area contributed by atoms with E-state index in [9.17, 15) is 4.79 Å². The molecule has 0 fully saturated rings. The van der Waals surface area contributed by atoms with Gasteiger partial charge in [0, 0.05) is 5.69 Å². The molecule has 1 unspecified atom stereocenters. The summed E-state index contributed by atoms with van der Waals surface area (Å²) in [5.74, 6) is 0.788. The zero-order chi connectivity index (χ0) is 12.7. The van der Waals surface area contributed by atoms with Gasteiger partial charge in [0.05, 0.1) is 5.69 Å². The number of benzene rings is 1. The number of nitrogens with two attached hydrogens (primary N) is 1. The molecule has 1 aliphatic heterocycles. The van der Waals surface area contributed by atoms with Gasteiger partial charge in [-0.15, -0.1) is 0 Å². The molecule has 1 atom stereocenters. The Bertz CT molecular complexity index is 481. The van der Waals surface area contributed by atoms with Gasteiger partial charge in [-0.1, -0.05) is 13.8 Å². The smallest absolute Gasteiger partial charge is 0.265 e. The number of carbonyl (C=O) groups is 1. The summed E-state index contributed by atoms with van der Waals surface area (Å²) in [5.41, 5.74) is 9.08. The number of carbonyl (C=O) groups excluding carboxylic acids is 1. The van der Waals surface area contributed by atoms with Crippen LogP contribution in [0.25, 0.3) is 0 Å². The van der Waals surface area contributed by atoms with Gasteiger partial charge in [0.2, 0.25) is 0 Å². The van der Waals surface area contributed by atoms with E-state index in [1.165, 1.54) is 0 Å². The summed E-state index contributed by atoms with van der Waals surface area (Å²) in [6.45, 7) is 7.75. The number of amides is 1. The molecular weight excluding hydrogens is 216 g/mol. The van der Waals surface area contributed by atoms with Crippen molar-refractivity contribution in [1.29, 1.82) is 0 Å². The third-order valence-corrected chi connectivity index (χ3v) is 3.12. The second kappa shape index (κ2) is 3.95. The van der Waals surface area contributed by atoms with Crippen molar-refractivity contribution in [3.05, 3.63) is 17.2 Å². The molecule has 92 valence electrons. The minimum absolute atomic E-state index is 0.0967. The summed E-state index contributed by atoms with van der Waals surface area (Å²) >= 11 is 0. The summed E-state index contributed by atoms with van der Waals surface area (Å²) in [6, 6.07) is 1.88. The highest BCUT2D eigenvalue weighted by molar-refractivity contribution is 6.00. The molecule has 0 spiro atoms. The fourth-order valence-corrected chi connectivity index (χ4v) is 2.03. The van der Waals surface area contributed by atoms with Crippen LogP contribution in [-0.4, -0.2) is 12.0 Å². The molecule has 1 aliphatic rings. The summed E-state index contributed by atoms with van der Waals surface area (Å²) < 4.78 is 5.80. The van der Waals surface area contributed by atoms with E-state index < -0.39 is 6.10 Å². The number of hydrogen-bond acceptors (Lipinski definition) is 3. The van der Waals surface area contributed by atoms with Crippen molar-refractivity contribution >= 4 is 17.3 Å². The van der Waals surface area contributed by atoms with Crippen LogP contribution in [0.15, 0.2) is 6.07 Å². The Morgan fingerprint density at radius 2 is 2.06 bits per heavy atom. The number of nitrogens with one attached hydrogen (secondary N) is 1. The molecule has 0 radical (unpaired) electrons. The molecule has 3 N–H and O–H groups in total. The average Bonchev–Trinajstić information content (AvgIpc) is 2.25. The van der Waals surface area contributed by atoms with E-state index in [1.807, 2.05) is 33.8 Å². The van der Waals surface area contributed by atoms with E-state index in [0.717, 1.165) is 16.9 Å². The molecule has 0 saturated carbocycles. The molecule has 1 aromatic carbocycles. The first-order chi connectivity index (χ1) is 7.91. The first kappa shape index (κ1) is 11.8. The van der Waals surface area contributed by atoms with E-state index in [-0.39, 0.29) is 11.8 Å². The van der Waals surface area contributed by atoms with E-state index in [4.69, 9.17) is 10.5 Å². The van der Waals surface area contributed by atoms with Gasteiger partial charge in [-0.3, -0.25) is 4.79 Å². The van der Waals surface area contributed by atoms with Gasteiger partial charge < -0.3 is 15.8 Å². The third kappa shape index (κ3) is 1.84. The first-order valence-corrected chi connectivity index (χ1v) is 5.79. The molecule has 0 aliphatic carbocycles. The highest BCUT2D eigenvalue weighted by Crippen LogP contribution is 2.39. The third-order valence-electron chi connectivity index (χ3n) is 3.12. The Kier molecular flexibility index (Phi) is 2.73. The Labute approximate surface area is 101 Å². The van der Waals surface area contributed by atoms with Crippen molar-refractivity contribution in [3.8, 4) is 5.75 Å². The van der Waals surface area contributed by atoms with Gasteiger partial charge in [0.25, 0.3) is 5.91 Å². The monoisotopic (exact) mass is 234 g/mol. The number of anilines is 2. The second-order valence-electron chi connectivity index (χ2n) is 4.88. The minimum atomic E-state index is -0.427. The molecule has 1 aromatic rings. The lowest BCUT2D eigenvalue weighted by atomic mass is 10.0. The molecular formula is C13H18N2O2. The fourth-order valence-electron chi connectivity index (χ4n) is 2.03. The van der Waals surface area contributed by atoms with Crippen LogP contribution in [0.1, 0.15) is 25.0 Å². The van der Waals surface area contributed by atoms with Crippen LogP contribution in [0, 0.1) is 19.8 Å². The number of nitrogen functional groups attached to an aromatic ring is 1. The Morgan fingerprint density at radius 1 is 1.41 bits per heavy atom. The maximum Gasteiger partial charge on any atom is 0.265 e. The normalized spacial score (nSPS) is 18.6. The number of ether oxygens (including phenoxy) is 1. The number of hydrogen-bond donors (Lipinski definition) is 2. The van der Waals surface area contributed by atoms with Crippen LogP contribution in [0.2, 0.25) is 0 Å². The lowest BCUT2D eigenvalue weighted by Crippen LogP contribution is -2.41. The highest BCUT2D eigenvalue weighted by Gasteiger charge is 2.32. The molecule has 1 amide bonds. The van der Waals surface area contributed by atoms with Crippen molar-refractivity contribution in [2.24, 2.45) is 5.92 Å². The number of fused-ring (bicyclic) bond motifs is 1. The predicted octanol–water partition coefficient (Wildman–Crippen LogP) is 2.24. The standard InChI is InChI=1S/C13H18N2O2/c1-6(2)11-13(16)15-10-8(4)9(14)5-7(3)12(10)17-11/h5-6,11H,14H2,1-4H3,(H,15,16). The Morgan fingerprint density at radius 3 is 2.65 bits per heavy atom. The van der Waals surface area contributed by atoms with E-state index >= 15 is 0 Å². The quantitative estimate of drug-likeness (QED) is 0.732. The van der Waals surface area contributed by atoms with Gasteiger partial charge in [-0.05, 0) is 37.0 Å². The second-order valence-corrected chi connectivity index (χ2v) is 4.88. The van der Waals surface area contributed by atoms with Crippen molar-refractivity contribution in [1.82, 2.24) is 0 Å². The summed E-state index contributed by atoms with van der Waals surface area (Å²) in [6.07, 6.45) is -0.427. The first-order valence-electron chi connectivity index (χ1n) is 5.79. The van der Waals surface area contributed by atoms with Crippen LogP contribution in [0.3, 0.4) is 0 Å². The molecule has 0 bridgehead atoms. The number of rotatable bonds is 1. The highest BCUT2D eigenvalue weighted by atomic mass is 16.5. The van der Waals surface area contributed by atoms with Gasteiger partial charge in [-0.2, -0.15) is 0 Å². The maximum absolute atomic E-state index is 11.9. The van der Waals surface area contributed by atoms with Crippen LogP contribution < -0.4 is 15.8 Å².